The van der Waals surface area contributed by atoms with Crippen molar-refractivity contribution in [3.63, 3.8) is 0 Å². The first-order valence-electron chi connectivity index (χ1n) is 5.07. The number of carboxylic acids is 1. The third kappa shape index (κ3) is 1.69. The third-order valence-corrected chi connectivity index (χ3v) is 2.92. The molecular weight excluding hydrogens is 192 g/mol. The van der Waals surface area contributed by atoms with E-state index in [1.807, 2.05) is 32.0 Å². The van der Waals surface area contributed by atoms with Crippen molar-refractivity contribution in [1.29, 1.82) is 0 Å². The van der Waals surface area contributed by atoms with E-state index in [1.54, 1.807) is 0 Å². The molecule has 0 amide bonds. The van der Waals surface area contributed by atoms with Crippen molar-refractivity contribution in [2.45, 2.75) is 26.4 Å². The summed E-state index contributed by atoms with van der Waals surface area (Å²) < 4.78 is 5.66. The number of aryl methyl sites for hydroxylation is 1. The zero-order chi connectivity index (χ0) is 11.0. The van der Waals surface area contributed by atoms with Crippen LogP contribution in [-0.4, -0.2) is 17.2 Å². The highest BCUT2D eigenvalue weighted by atomic mass is 16.5. The van der Waals surface area contributed by atoms with Gasteiger partial charge < -0.3 is 9.84 Å². The molecule has 0 aromatic heterocycles. The predicted molar refractivity (Wildman–Crippen MR) is 56.1 cm³/mol. The van der Waals surface area contributed by atoms with Gasteiger partial charge in [0.2, 0.25) is 0 Å². The van der Waals surface area contributed by atoms with Gasteiger partial charge >= 0.3 is 5.97 Å². The maximum atomic E-state index is 11.0. The maximum Gasteiger partial charge on any atom is 0.310 e. The molecule has 0 saturated heterocycles. The molecule has 3 heteroatoms. The summed E-state index contributed by atoms with van der Waals surface area (Å²) in [6.07, 6.45) is 0.309. The van der Waals surface area contributed by atoms with Crippen molar-refractivity contribution in [3.05, 3.63) is 29.3 Å². The Kier molecular flexibility index (Phi) is 2.39. The van der Waals surface area contributed by atoms with Crippen LogP contribution in [-0.2, 0) is 11.2 Å². The minimum absolute atomic E-state index is 0.254. The summed E-state index contributed by atoms with van der Waals surface area (Å²) in [5.74, 6) is -0.351. The molecule has 80 valence electrons. The van der Waals surface area contributed by atoms with Crippen LogP contribution in [0.4, 0.5) is 0 Å². The van der Waals surface area contributed by atoms with Crippen molar-refractivity contribution in [1.82, 2.24) is 0 Å². The number of para-hydroxylation sites is 1. The van der Waals surface area contributed by atoms with E-state index in [0.29, 0.717) is 6.42 Å². The highest BCUT2D eigenvalue weighted by molar-refractivity contribution is 5.72. The average molecular weight is 206 g/mol. The Morgan fingerprint density at radius 3 is 2.93 bits per heavy atom. The smallest absolute Gasteiger partial charge is 0.310 e. The molecule has 1 aromatic carbocycles. The van der Waals surface area contributed by atoms with Gasteiger partial charge in [-0.1, -0.05) is 18.2 Å². The number of hydrogen-bond donors (Lipinski definition) is 1. The molecule has 15 heavy (non-hydrogen) atoms. The van der Waals surface area contributed by atoms with Gasteiger partial charge in [0.15, 0.2) is 0 Å². The van der Waals surface area contributed by atoms with Crippen molar-refractivity contribution >= 4 is 5.97 Å². The fourth-order valence-electron chi connectivity index (χ4n) is 2.00. The molecule has 0 radical (unpaired) electrons. The molecule has 1 aliphatic heterocycles. The van der Waals surface area contributed by atoms with E-state index in [2.05, 4.69) is 0 Å². The molecule has 2 unspecified atom stereocenters. The third-order valence-electron chi connectivity index (χ3n) is 2.92. The normalized spacial score (nSPS) is 24.1. The minimum atomic E-state index is -0.783. The lowest BCUT2D eigenvalue weighted by Gasteiger charge is -2.29. The molecule has 0 bridgehead atoms. The molecule has 0 spiro atoms. The molecule has 0 aliphatic carbocycles. The molecule has 3 nitrogen and oxygen atoms in total. The standard InChI is InChI=1S/C12H14O3/c1-7-4-3-5-9-6-10(12(13)14)8(2)15-11(7)9/h3-5,8,10H,6H2,1-2H3,(H,13,14). The fraction of sp³-hybridized carbons (Fsp3) is 0.417. The summed E-state index contributed by atoms with van der Waals surface area (Å²) in [4.78, 5) is 11.0. The molecule has 1 heterocycles. The van der Waals surface area contributed by atoms with Crippen molar-refractivity contribution in [3.8, 4) is 5.75 Å². The predicted octanol–water partition coefficient (Wildman–Crippen LogP) is 2.02. The van der Waals surface area contributed by atoms with Crippen LogP contribution in [0.3, 0.4) is 0 Å². The molecule has 2 rings (SSSR count). The highest BCUT2D eigenvalue weighted by Crippen LogP contribution is 2.33. The summed E-state index contributed by atoms with van der Waals surface area (Å²) in [7, 11) is 0. The molecule has 1 aliphatic rings. The Labute approximate surface area is 88.7 Å². The van der Waals surface area contributed by atoms with Gasteiger partial charge in [-0.2, -0.15) is 0 Å². The van der Waals surface area contributed by atoms with Crippen LogP contribution >= 0.6 is 0 Å². The van der Waals surface area contributed by atoms with Crippen LogP contribution in [0.5, 0.6) is 5.75 Å². The summed E-state index contributed by atoms with van der Waals surface area (Å²) in [5, 5.41) is 9.02. The Morgan fingerprint density at radius 1 is 1.53 bits per heavy atom. The Morgan fingerprint density at radius 2 is 2.27 bits per heavy atom. The van der Waals surface area contributed by atoms with Gasteiger partial charge in [0.25, 0.3) is 0 Å². The summed E-state index contributed by atoms with van der Waals surface area (Å²) >= 11 is 0. The first-order valence-corrected chi connectivity index (χ1v) is 5.07. The molecule has 0 fully saturated rings. The van der Waals surface area contributed by atoms with E-state index in [1.165, 1.54) is 0 Å². The Balaban J connectivity index is 2.38. The van der Waals surface area contributed by atoms with Gasteiger partial charge in [-0.15, -0.1) is 0 Å². The van der Waals surface area contributed by atoms with Crippen LogP contribution < -0.4 is 4.74 Å². The molecule has 0 saturated carbocycles. The fourth-order valence-corrected chi connectivity index (χ4v) is 2.00. The molecular formula is C12H14O3. The van der Waals surface area contributed by atoms with E-state index in [0.717, 1.165) is 16.9 Å². The van der Waals surface area contributed by atoms with Gasteiger partial charge in [0, 0.05) is 0 Å². The van der Waals surface area contributed by atoms with Crippen molar-refractivity contribution in [2.75, 3.05) is 0 Å². The number of fused-ring (bicyclic) bond motifs is 1. The van der Waals surface area contributed by atoms with Crippen LogP contribution in [0, 0.1) is 12.8 Å². The lowest BCUT2D eigenvalue weighted by Crippen LogP contribution is -2.36. The SMILES string of the molecule is Cc1cccc2c1OC(C)C(C(=O)O)C2. The monoisotopic (exact) mass is 206 g/mol. The zero-order valence-corrected chi connectivity index (χ0v) is 8.86. The first kappa shape index (κ1) is 10.0. The molecule has 1 N–H and O–H groups in total. The number of aliphatic carboxylic acids is 1. The highest BCUT2D eigenvalue weighted by Gasteiger charge is 2.32. The van der Waals surface area contributed by atoms with Crippen molar-refractivity contribution < 1.29 is 14.6 Å². The van der Waals surface area contributed by atoms with Crippen LogP contribution in [0.25, 0.3) is 0 Å². The zero-order valence-electron chi connectivity index (χ0n) is 8.86. The van der Waals surface area contributed by atoms with Crippen molar-refractivity contribution in [2.24, 2.45) is 5.92 Å². The number of hydrogen-bond acceptors (Lipinski definition) is 2. The van der Waals surface area contributed by atoms with Gasteiger partial charge in [0.05, 0.1) is 5.92 Å². The van der Waals surface area contributed by atoms with Crippen LogP contribution in [0.2, 0.25) is 0 Å². The molecule has 2 atom stereocenters. The van der Waals surface area contributed by atoms with Gasteiger partial charge in [0.1, 0.15) is 11.9 Å². The van der Waals surface area contributed by atoms with E-state index >= 15 is 0 Å². The summed E-state index contributed by atoms with van der Waals surface area (Å²) in [6, 6.07) is 5.85. The minimum Gasteiger partial charge on any atom is -0.489 e. The first-order chi connectivity index (χ1) is 7.09. The lowest BCUT2D eigenvalue weighted by atomic mass is 9.90. The van der Waals surface area contributed by atoms with Crippen LogP contribution in [0.1, 0.15) is 18.1 Å². The number of benzene rings is 1. The van der Waals surface area contributed by atoms with Gasteiger partial charge in [-0.25, -0.2) is 0 Å². The Bertz CT molecular complexity index is 398. The number of carbonyl (C=O) groups is 1. The van der Waals surface area contributed by atoms with Gasteiger partial charge in [-0.05, 0) is 31.4 Å². The number of carboxylic acid groups (broad SMARTS) is 1. The van der Waals surface area contributed by atoms with E-state index < -0.39 is 11.9 Å². The van der Waals surface area contributed by atoms with E-state index in [9.17, 15) is 4.79 Å². The topological polar surface area (TPSA) is 46.5 Å². The van der Waals surface area contributed by atoms with Crippen LogP contribution in [0.15, 0.2) is 18.2 Å². The number of ether oxygens (including phenoxy) is 1. The lowest BCUT2D eigenvalue weighted by molar-refractivity contribution is -0.145. The quantitative estimate of drug-likeness (QED) is 0.764. The summed E-state index contributed by atoms with van der Waals surface area (Å²) in [6.45, 7) is 3.79. The summed E-state index contributed by atoms with van der Waals surface area (Å²) in [5.41, 5.74) is 2.07. The molecule has 1 aromatic rings. The second kappa shape index (κ2) is 3.57. The maximum absolute atomic E-state index is 11.0. The second-order valence-corrected chi connectivity index (χ2v) is 4.03. The van der Waals surface area contributed by atoms with Gasteiger partial charge in [-0.3, -0.25) is 4.79 Å². The second-order valence-electron chi connectivity index (χ2n) is 4.03. The van der Waals surface area contributed by atoms with E-state index in [4.69, 9.17) is 9.84 Å². The Hall–Kier alpha value is -1.51. The number of rotatable bonds is 1. The largest absolute Gasteiger partial charge is 0.489 e. The van der Waals surface area contributed by atoms with E-state index in [-0.39, 0.29) is 6.10 Å². The average Bonchev–Trinajstić information content (AvgIpc) is 2.18.